The molecule has 3 nitrogen and oxygen atoms in total. The van der Waals surface area contributed by atoms with Crippen LogP contribution in [0.3, 0.4) is 0 Å². The molecule has 0 spiro atoms. The van der Waals surface area contributed by atoms with Gasteiger partial charge in [-0.3, -0.25) is 0 Å². The Labute approximate surface area is 96.6 Å². The Balaban J connectivity index is 0.000000811. The topological polar surface area (TPSA) is 53.1 Å². The van der Waals surface area contributed by atoms with Crippen molar-refractivity contribution < 1.29 is 11.3 Å². The number of benzene rings is 1. The van der Waals surface area contributed by atoms with Crippen LogP contribution in [0.1, 0.15) is 38.1 Å². The number of nitrogens with one attached hydrogen (secondary N) is 1. The molecule has 2 rings (SSSR count). The number of aromatic nitrogens is 1. The molecule has 0 aliphatic carbocycles. The van der Waals surface area contributed by atoms with Gasteiger partial charge in [0.2, 0.25) is 0 Å². The van der Waals surface area contributed by atoms with Gasteiger partial charge in [0, 0.05) is 18.5 Å². The lowest BCUT2D eigenvalue weighted by molar-refractivity contribution is 0.0697. The fraction of sp³-hybridized carbons (Fsp3) is 0.308. The van der Waals surface area contributed by atoms with Crippen LogP contribution in [0.15, 0.2) is 24.4 Å². The highest BCUT2D eigenvalue weighted by molar-refractivity contribution is 5.94. The minimum Gasteiger partial charge on any atom is -0.478 e. The third kappa shape index (κ3) is 2.24. The van der Waals surface area contributed by atoms with E-state index >= 15 is 0 Å². The molecule has 2 N–H and O–H groups in total. The smallest absolute Gasteiger partial charge is 0.335 e. The summed E-state index contributed by atoms with van der Waals surface area (Å²) in [6.45, 7) is 6.08. The number of carboxylic acids is 1. The van der Waals surface area contributed by atoms with Gasteiger partial charge < -0.3 is 10.1 Å². The van der Waals surface area contributed by atoms with Crippen molar-refractivity contribution in [2.24, 2.45) is 0 Å². The maximum Gasteiger partial charge on any atom is 0.335 e. The van der Waals surface area contributed by atoms with Crippen LogP contribution in [0.2, 0.25) is 0 Å². The van der Waals surface area contributed by atoms with Crippen molar-refractivity contribution in [2.75, 3.05) is 0 Å². The van der Waals surface area contributed by atoms with Gasteiger partial charge in [-0.2, -0.15) is 0 Å². The van der Waals surface area contributed by atoms with Crippen molar-refractivity contribution in [1.29, 1.82) is 0 Å². The van der Waals surface area contributed by atoms with E-state index in [1.165, 1.54) is 5.56 Å². The number of aromatic carboxylic acids is 1. The van der Waals surface area contributed by atoms with Gasteiger partial charge in [0.1, 0.15) is 0 Å². The van der Waals surface area contributed by atoms with E-state index in [0.717, 1.165) is 17.3 Å². The van der Waals surface area contributed by atoms with Crippen LogP contribution in [-0.2, 0) is 6.42 Å². The van der Waals surface area contributed by atoms with Crippen LogP contribution in [0.5, 0.6) is 0 Å². The predicted molar refractivity (Wildman–Crippen MR) is 68.1 cm³/mol. The van der Waals surface area contributed by atoms with Gasteiger partial charge >= 0.3 is 5.97 Å². The monoisotopic (exact) mass is 221 g/mol. The van der Waals surface area contributed by atoms with E-state index in [1.807, 2.05) is 26.1 Å². The van der Waals surface area contributed by atoms with E-state index in [2.05, 4.69) is 11.9 Å². The van der Waals surface area contributed by atoms with Gasteiger partial charge in [-0.1, -0.05) is 26.8 Å². The molecule has 1 aromatic carbocycles. The van der Waals surface area contributed by atoms with E-state index < -0.39 is 5.97 Å². The van der Waals surface area contributed by atoms with E-state index in [-0.39, 0.29) is 1.43 Å². The van der Waals surface area contributed by atoms with Crippen molar-refractivity contribution in [3.05, 3.63) is 35.5 Å². The fourth-order valence-electron chi connectivity index (χ4n) is 1.61. The lowest BCUT2D eigenvalue weighted by Crippen LogP contribution is -1.94. The summed E-state index contributed by atoms with van der Waals surface area (Å²) in [6.07, 6.45) is 2.88. The normalized spacial score (nSPS) is 9.69. The highest BCUT2D eigenvalue weighted by atomic mass is 16.4. The lowest BCUT2D eigenvalue weighted by Gasteiger charge is -1.96. The second-order valence-corrected chi connectivity index (χ2v) is 3.23. The number of aryl methyl sites for hydroxylation is 1. The number of carboxylic acid groups (broad SMARTS) is 1. The van der Waals surface area contributed by atoms with Crippen LogP contribution in [0, 0.1) is 0 Å². The minimum atomic E-state index is -0.889. The highest BCUT2D eigenvalue weighted by Crippen LogP contribution is 2.19. The Bertz CT molecular complexity index is 491. The average molecular weight is 221 g/mol. The first-order valence-electron chi connectivity index (χ1n) is 5.55. The Morgan fingerprint density at radius 1 is 1.44 bits per heavy atom. The summed E-state index contributed by atoms with van der Waals surface area (Å²) >= 11 is 0. The summed E-state index contributed by atoms with van der Waals surface area (Å²) in [5.41, 5.74) is 2.43. The van der Waals surface area contributed by atoms with Crippen molar-refractivity contribution >= 4 is 16.9 Å². The molecule has 0 atom stereocenters. The van der Waals surface area contributed by atoms with Crippen molar-refractivity contribution in [2.45, 2.75) is 27.2 Å². The molecule has 3 heteroatoms. The first-order valence-corrected chi connectivity index (χ1v) is 5.55. The van der Waals surface area contributed by atoms with Gasteiger partial charge in [-0.15, -0.1) is 0 Å². The third-order valence-corrected chi connectivity index (χ3v) is 2.40. The summed E-state index contributed by atoms with van der Waals surface area (Å²) in [5.74, 6) is -0.889. The molecule has 88 valence electrons. The summed E-state index contributed by atoms with van der Waals surface area (Å²) in [6, 6.07) is 5.16. The molecule has 1 heterocycles. The van der Waals surface area contributed by atoms with Gasteiger partial charge in [-0.05, 0) is 24.1 Å². The zero-order valence-corrected chi connectivity index (χ0v) is 9.87. The van der Waals surface area contributed by atoms with E-state index in [1.54, 1.807) is 12.1 Å². The molecule has 1 aromatic heterocycles. The lowest BCUT2D eigenvalue weighted by atomic mass is 10.1. The zero-order chi connectivity index (χ0) is 12.1. The van der Waals surface area contributed by atoms with E-state index in [0.29, 0.717) is 5.56 Å². The number of carbonyl (C=O) groups is 1. The second kappa shape index (κ2) is 5.35. The summed E-state index contributed by atoms with van der Waals surface area (Å²) in [7, 11) is 0. The highest BCUT2D eigenvalue weighted by Gasteiger charge is 2.06. The Morgan fingerprint density at radius 3 is 2.69 bits per heavy atom. The molecular weight excluding hydrogens is 202 g/mol. The molecule has 0 saturated carbocycles. The minimum absolute atomic E-state index is 0. The Kier molecular flexibility index (Phi) is 4.11. The SMILES string of the molecule is CC.CCc1c[nH]c2cc(C(=O)O)ccc12.[HH]. The molecular formula is C13H19NO2. The number of fused-ring (bicyclic) bond motifs is 1. The van der Waals surface area contributed by atoms with Gasteiger partial charge in [0.05, 0.1) is 5.56 Å². The quantitative estimate of drug-likeness (QED) is 0.812. The number of hydrogen-bond acceptors (Lipinski definition) is 1. The summed E-state index contributed by atoms with van der Waals surface area (Å²) in [4.78, 5) is 13.8. The largest absolute Gasteiger partial charge is 0.478 e. The van der Waals surface area contributed by atoms with Crippen LogP contribution in [-0.4, -0.2) is 16.1 Å². The van der Waals surface area contributed by atoms with Crippen molar-refractivity contribution in [3.8, 4) is 0 Å². The first kappa shape index (κ1) is 12.3. The van der Waals surface area contributed by atoms with Crippen molar-refractivity contribution in [1.82, 2.24) is 4.98 Å². The van der Waals surface area contributed by atoms with Crippen LogP contribution in [0.25, 0.3) is 10.9 Å². The Morgan fingerprint density at radius 2 is 2.12 bits per heavy atom. The maximum absolute atomic E-state index is 10.7. The maximum atomic E-state index is 10.7. The molecule has 0 aliphatic rings. The molecule has 0 bridgehead atoms. The number of rotatable bonds is 2. The average Bonchev–Trinajstić information content (AvgIpc) is 2.73. The van der Waals surface area contributed by atoms with Crippen molar-refractivity contribution in [3.63, 3.8) is 0 Å². The standard InChI is InChI=1S/C11H11NO2.C2H6.H2/c1-2-7-6-12-10-5-8(11(13)14)3-4-9(7)10;1-2;/h3-6,12H,2H2,1H3,(H,13,14);1-2H3;1H. The van der Waals surface area contributed by atoms with Gasteiger partial charge in [0.25, 0.3) is 0 Å². The molecule has 0 fully saturated rings. The van der Waals surface area contributed by atoms with Crippen LogP contribution >= 0.6 is 0 Å². The number of hydrogen-bond donors (Lipinski definition) is 2. The number of H-pyrrole nitrogens is 1. The molecule has 16 heavy (non-hydrogen) atoms. The molecule has 0 aliphatic heterocycles. The molecule has 0 saturated heterocycles. The van der Waals surface area contributed by atoms with Gasteiger partial charge in [0.15, 0.2) is 0 Å². The zero-order valence-electron chi connectivity index (χ0n) is 9.87. The predicted octanol–water partition coefficient (Wildman–Crippen LogP) is 3.70. The third-order valence-electron chi connectivity index (χ3n) is 2.40. The molecule has 0 amide bonds. The molecule has 2 aromatic rings. The fourth-order valence-corrected chi connectivity index (χ4v) is 1.61. The molecule has 0 radical (unpaired) electrons. The summed E-state index contributed by atoms with van der Waals surface area (Å²) in [5, 5.41) is 9.90. The first-order chi connectivity index (χ1) is 7.72. The second-order valence-electron chi connectivity index (χ2n) is 3.23. The molecule has 0 unspecified atom stereocenters. The van der Waals surface area contributed by atoms with Crippen LogP contribution < -0.4 is 0 Å². The number of aromatic amines is 1. The van der Waals surface area contributed by atoms with E-state index in [4.69, 9.17) is 5.11 Å². The summed E-state index contributed by atoms with van der Waals surface area (Å²) < 4.78 is 0. The Hall–Kier alpha value is -1.77. The van der Waals surface area contributed by atoms with Crippen LogP contribution in [0.4, 0.5) is 0 Å². The van der Waals surface area contributed by atoms with Gasteiger partial charge in [-0.25, -0.2) is 4.79 Å². The van der Waals surface area contributed by atoms with E-state index in [9.17, 15) is 4.79 Å².